The minimum atomic E-state index is -0.687. The minimum Gasteiger partial charge on any atom is -0.455 e. The van der Waals surface area contributed by atoms with Crippen LogP contribution < -0.4 is 10.7 Å². The Morgan fingerprint density at radius 1 is 1.28 bits per heavy atom. The Balaban J connectivity index is 1.88. The topological polar surface area (TPSA) is 88.3 Å². The van der Waals surface area contributed by atoms with Gasteiger partial charge in [-0.1, -0.05) is 35.6 Å². The summed E-state index contributed by atoms with van der Waals surface area (Å²) in [6.07, 6.45) is 1.17. The lowest BCUT2D eigenvalue weighted by Crippen LogP contribution is -2.28. The van der Waals surface area contributed by atoms with Crippen molar-refractivity contribution in [3.63, 3.8) is 0 Å². The van der Waals surface area contributed by atoms with Crippen LogP contribution in [0.1, 0.15) is 21.5 Å². The number of hydrogen-bond acceptors (Lipinski definition) is 4. The van der Waals surface area contributed by atoms with E-state index in [0.717, 1.165) is 11.6 Å². The number of rotatable bonds is 5. The summed E-state index contributed by atoms with van der Waals surface area (Å²) >= 11 is 5.82. The summed E-state index contributed by atoms with van der Waals surface area (Å²) in [5, 5.41) is 3.21. The molecular formula is C21H14ClFN2O4. The molecule has 1 amide bonds. The van der Waals surface area contributed by atoms with Gasteiger partial charge in [-0.15, -0.1) is 0 Å². The molecule has 0 radical (unpaired) electrons. The number of ether oxygens (including phenoxy) is 1. The van der Waals surface area contributed by atoms with Crippen molar-refractivity contribution in [2.75, 3.05) is 6.61 Å². The first-order valence-electron chi connectivity index (χ1n) is 8.41. The number of pyridine rings is 1. The standard InChI is InChI=1S/C21H14ClFN2O4/c22-15-5-3-13(4-6-15)10-25-21(28)17-11-24-19-16(20(17)27)8-14(9-18(19)23)2-1-7-29-12-26/h3-6,8-9,11-12H,7,10H2,(H,24,27)(H,25,28). The molecule has 0 aliphatic rings. The molecule has 6 nitrogen and oxygen atoms in total. The number of carbonyl (C=O) groups is 2. The number of carbonyl (C=O) groups excluding carboxylic acids is 2. The van der Waals surface area contributed by atoms with Gasteiger partial charge in [0.15, 0.2) is 6.61 Å². The van der Waals surface area contributed by atoms with Gasteiger partial charge in [-0.2, -0.15) is 0 Å². The molecule has 0 saturated heterocycles. The van der Waals surface area contributed by atoms with Crippen molar-refractivity contribution in [3.05, 3.63) is 80.3 Å². The number of nitrogens with one attached hydrogen (secondary N) is 2. The highest BCUT2D eigenvalue weighted by Gasteiger charge is 2.15. The zero-order valence-electron chi connectivity index (χ0n) is 14.9. The predicted molar refractivity (Wildman–Crippen MR) is 106 cm³/mol. The van der Waals surface area contributed by atoms with E-state index in [1.807, 2.05) is 0 Å². The molecule has 0 aliphatic carbocycles. The van der Waals surface area contributed by atoms with Gasteiger partial charge in [-0.3, -0.25) is 14.4 Å². The molecule has 3 aromatic rings. The molecule has 0 aliphatic heterocycles. The van der Waals surface area contributed by atoms with Gasteiger partial charge in [0.05, 0.1) is 10.9 Å². The van der Waals surface area contributed by atoms with E-state index in [1.54, 1.807) is 24.3 Å². The summed E-state index contributed by atoms with van der Waals surface area (Å²) in [6.45, 7) is 0.284. The first kappa shape index (κ1) is 20.1. The molecule has 1 heterocycles. The third-order valence-corrected chi connectivity index (χ3v) is 4.26. The molecule has 0 atom stereocenters. The lowest BCUT2D eigenvalue weighted by Gasteiger charge is -2.07. The van der Waals surface area contributed by atoms with E-state index in [1.165, 1.54) is 12.3 Å². The van der Waals surface area contributed by atoms with E-state index in [-0.39, 0.29) is 41.7 Å². The second kappa shape index (κ2) is 9.04. The SMILES string of the molecule is O=COCC#Cc1cc(F)c2[nH]cc(C(=O)NCc3ccc(Cl)cc3)c(=O)c2c1. The number of fused-ring (bicyclic) bond motifs is 1. The Bertz CT molecular complexity index is 1190. The lowest BCUT2D eigenvalue weighted by atomic mass is 10.1. The molecule has 0 fully saturated rings. The third-order valence-electron chi connectivity index (χ3n) is 4.01. The van der Waals surface area contributed by atoms with Crippen LogP contribution in [0.4, 0.5) is 4.39 Å². The van der Waals surface area contributed by atoms with E-state index < -0.39 is 17.2 Å². The Morgan fingerprint density at radius 2 is 2.03 bits per heavy atom. The summed E-state index contributed by atoms with van der Waals surface area (Å²) in [4.78, 5) is 37.9. The number of aromatic amines is 1. The first-order valence-corrected chi connectivity index (χ1v) is 8.79. The Morgan fingerprint density at radius 3 is 2.76 bits per heavy atom. The summed E-state index contributed by atoms with van der Waals surface area (Å²) in [5.74, 6) is 3.84. The first-order chi connectivity index (χ1) is 14.0. The van der Waals surface area contributed by atoms with E-state index >= 15 is 0 Å². The van der Waals surface area contributed by atoms with Gasteiger partial charge >= 0.3 is 0 Å². The third kappa shape index (κ3) is 4.81. The number of amides is 1. The number of hydrogen-bond donors (Lipinski definition) is 2. The van der Waals surface area contributed by atoms with Crippen molar-refractivity contribution in [1.82, 2.24) is 10.3 Å². The van der Waals surface area contributed by atoms with E-state index in [4.69, 9.17) is 11.6 Å². The maximum Gasteiger partial charge on any atom is 0.294 e. The molecule has 2 aromatic carbocycles. The predicted octanol–water partition coefficient (Wildman–Crippen LogP) is 2.78. The minimum absolute atomic E-state index is 0.00949. The molecule has 0 saturated carbocycles. The van der Waals surface area contributed by atoms with Crippen molar-refractivity contribution in [2.45, 2.75) is 6.54 Å². The molecule has 0 bridgehead atoms. The molecule has 1 aromatic heterocycles. The highest BCUT2D eigenvalue weighted by atomic mass is 35.5. The van der Waals surface area contributed by atoms with Crippen LogP contribution in [0.3, 0.4) is 0 Å². The second-order valence-electron chi connectivity index (χ2n) is 5.93. The Labute approximate surface area is 169 Å². The smallest absolute Gasteiger partial charge is 0.294 e. The Kier molecular flexibility index (Phi) is 6.27. The zero-order chi connectivity index (χ0) is 20.8. The number of benzene rings is 2. The average molecular weight is 413 g/mol. The largest absolute Gasteiger partial charge is 0.455 e. The summed E-state index contributed by atoms with van der Waals surface area (Å²) in [5.41, 5.74) is 0.216. The van der Waals surface area contributed by atoms with Gasteiger partial charge in [-0.05, 0) is 29.8 Å². The van der Waals surface area contributed by atoms with Gasteiger partial charge in [0.1, 0.15) is 11.4 Å². The van der Waals surface area contributed by atoms with E-state index in [9.17, 15) is 18.8 Å². The zero-order valence-corrected chi connectivity index (χ0v) is 15.7. The fourth-order valence-corrected chi connectivity index (χ4v) is 2.75. The molecule has 0 spiro atoms. The maximum atomic E-state index is 14.3. The average Bonchev–Trinajstić information content (AvgIpc) is 2.71. The lowest BCUT2D eigenvalue weighted by molar-refractivity contribution is -0.127. The second-order valence-corrected chi connectivity index (χ2v) is 6.37. The van der Waals surface area contributed by atoms with Crippen LogP contribution in [0.5, 0.6) is 0 Å². The van der Waals surface area contributed by atoms with Crippen molar-refractivity contribution in [1.29, 1.82) is 0 Å². The van der Waals surface area contributed by atoms with E-state index in [0.29, 0.717) is 5.02 Å². The molecule has 8 heteroatoms. The maximum absolute atomic E-state index is 14.3. The van der Waals surface area contributed by atoms with Crippen molar-refractivity contribution in [2.24, 2.45) is 0 Å². The molecule has 2 N–H and O–H groups in total. The number of H-pyrrole nitrogens is 1. The highest BCUT2D eigenvalue weighted by Crippen LogP contribution is 2.16. The number of aromatic nitrogens is 1. The monoisotopic (exact) mass is 412 g/mol. The summed E-state index contributed by atoms with van der Waals surface area (Å²) in [7, 11) is 0. The van der Waals surface area contributed by atoms with Crippen molar-refractivity contribution < 1.29 is 18.7 Å². The van der Waals surface area contributed by atoms with Crippen LogP contribution >= 0.6 is 11.6 Å². The fourth-order valence-electron chi connectivity index (χ4n) is 2.62. The van der Waals surface area contributed by atoms with Crippen LogP contribution in [0.2, 0.25) is 5.02 Å². The highest BCUT2D eigenvalue weighted by molar-refractivity contribution is 6.30. The molecule has 3 rings (SSSR count). The van der Waals surface area contributed by atoms with E-state index in [2.05, 4.69) is 26.9 Å². The van der Waals surface area contributed by atoms with Gasteiger partial charge in [0.2, 0.25) is 5.43 Å². The summed E-state index contributed by atoms with van der Waals surface area (Å²) < 4.78 is 18.7. The molecular weight excluding hydrogens is 399 g/mol. The van der Waals surface area contributed by atoms with Crippen LogP contribution in [0.25, 0.3) is 10.9 Å². The quantitative estimate of drug-likeness (QED) is 0.383. The van der Waals surface area contributed by atoms with Crippen molar-refractivity contribution in [3.8, 4) is 11.8 Å². The molecule has 0 unspecified atom stereocenters. The van der Waals surface area contributed by atoms with Crippen molar-refractivity contribution >= 4 is 34.9 Å². The van der Waals surface area contributed by atoms with Gasteiger partial charge in [0, 0.05) is 23.3 Å². The fraction of sp³-hybridized carbons (Fsp3) is 0.0952. The normalized spacial score (nSPS) is 10.1. The van der Waals surface area contributed by atoms with Gasteiger partial charge in [-0.25, -0.2) is 4.39 Å². The van der Waals surface area contributed by atoms with Gasteiger partial charge < -0.3 is 15.0 Å². The Hall–Kier alpha value is -3.63. The van der Waals surface area contributed by atoms with Crippen LogP contribution in [0, 0.1) is 17.7 Å². The van der Waals surface area contributed by atoms with Crippen LogP contribution in [-0.2, 0) is 16.1 Å². The summed E-state index contributed by atoms with van der Waals surface area (Å²) in [6, 6.07) is 9.41. The van der Waals surface area contributed by atoms with Crippen LogP contribution in [0.15, 0.2) is 47.4 Å². The molecule has 29 heavy (non-hydrogen) atoms. The van der Waals surface area contributed by atoms with Crippen LogP contribution in [-0.4, -0.2) is 24.0 Å². The number of halogens is 2. The van der Waals surface area contributed by atoms with Gasteiger partial charge in [0.25, 0.3) is 12.4 Å². The molecule has 146 valence electrons.